The summed E-state index contributed by atoms with van der Waals surface area (Å²) in [5.41, 5.74) is 1.03. The Morgan fingerprint density at radius 2 is 1.78 bits per heavy atom. The van der Waals surface area contributed by atoms with Crippen molar-refractivity contribution in [2.75, 3.05) is 14.1 Å². The summed E-state index contributed by atoms with van der Waals surface area (Å²) in [4.78, 5) is 17.2. The highest BCUT2D eigenvalue weighted by Crippen LogP contribution is 2.29. The zero-order chi connectivity index (χ0) is 19.9. The van der Waals surface area contributed by atoms with Crippen LogP contribution < -0.4 is 4.80 Å². The van der Waals surface area contributed by atoms with Crippen LogP contribution in [0.5, 0.6) is 0 Å². The van der Waals surface area contributed by atoms with Crippen molar-refractivity contribution >= 4 is 60.7 Å². The van der Waals surface area contributed by atoms with Gasteiger partial charge in [-0.2, -0.15) is 4.99 Å². The number of aromatic nitrogens is 1. The van der Waals surface area contributed by atoms with Crippen LogP contribution >= 0.6 is 34.5 Å². The molecule has 0 fully saturated rings. The molecule has 6 nitrogen and oxygen atoms in total. The molecule has 1 aromatic heterocycles. The molecule has 0 unspecified atom stereocenters. The average Bonchev–Trinajstić information content (AvgIpc) is 2.90. The van der Waals surface area contributed by atoms with Crippen molar-refractivity contribution in [3.05, 3.63) is 56.8 Å². The molecule has 2 aromatic carbocycles. The molecular weight excluding hydrogens is 429 g/mol. The Balaban J connectivity index is 2.01. The molecule has 0 aliphatic heterocycles. The Hall–Kier alpha value is -1.71. The summed E-state index contributed by atoms with van der Waals surface area (Å²) in [5.74, 6) is -0.479. The van der Waals surface area contributed by atoms with Crippen LogP contribution in [0.3, 0.4) is 0 Å². The quantitative estimate of drug-likeness (QED) is 0.621. The van der Waals surface area contributed by atoms with Gasteiger partial charge >= 0.3 is 0 Å². The molecule has 0 atom stereocenters. The van der Waals surface area contributed by atoms with Crippen LogP contribution in [0.4, 0.5) is 0 Å². The maximum atomic E-state index is 12.5. The lowest BCUT2D eigenvalue weighted by Gasteiger charge is -2.11. The van der Waals surface area contributed by atoms with Crippen molar-refractivity contribution in [1.29, 1.82) is 0 Å². The maximum absolute atomic E-state index is 12.5. The number of carbonyl (C=O) groups is 1. The SMILES string of the molecule is CN(C)S(=O)(=O)c1ccc(C(=O)N=c2sc3cc(Cl)cc(Cl)c3n2C)cc1. The third kappa shape index (κ3) is 3.81. The highest BCUT2D eigenvalue weighted by Gasteiger charge is 2.17. The van der Waals surface area contributed by atoms with E-state index in [-0.39, 0.29) is 10.5 Å². The van der Waals surface area contributed by atoms with Gasteiger partial charge in [0.25, 0.3) is 5.91 Å². The molecule has 0 N–H and O–H groups in total. The standard InChI is InChI=1S/C17H15Cl2N3O3S2/c1-21(2)27(24,25)12-6-4-10(5-7-12)16(23)20-17-22(3)15-13(19)8-11(18)9-14(15)26-17/h4-9H,1-3H3. The van der Waals surface area contributed by atoms with Crippen molar-refractivity contribution < 1.29 is 13.2 Å². The molecule has 0 aliphatic rings. The first-order chi connectivity index (χ1) is 12.6. The first-order valence-electron chi connectivity index (χ1n) is 7.67. The molecule has 3 aromatic rings. The van der Waals surface area contributed by atoms with Gasteiger partial charge in [-0.05, 0) is 36.4 Å². The molecule has 10 heteroatoms. The minimum atomic E-state index is -3.55. The van der Waals surface area contributed by atoms with Crippen molar-refractivity contribution in [1.82, 2.24) is 8.87 Å². The highest BCUT2D eigenvalue weighted by atomic mass is 35.5. The molecule has 0 radical (unpaired) electrons. The van der Waals surface area contributed by atoms with Crippen molar-refractivity contribution in [3.63, 3.8) is 0 Å². The number of halogens is 2. The van der Waals surface area contributed by atoms with Crippen LogP contribution in [0, 0.1) is 0 Å². The zero-order valence-corrected chi connectivity index (χ0v) is 17.7. The molecule has 0 spiro atoms. The van der Waals surface area contributed by atoms with Crippen molar-refractivity contribution in [3.8, 4) is 0 Å². The van der Waals surface area contributed by atoms with Crippen LogP contribution in [0.25, 0.3) is 10.2 Å². The van der Waals surface area contributed by atoms with Crippen LogP contribution in [0.1, 0.15) is 10.4 Å². The maximum Gasteiger partial charge on any atom is 0.279 e. The molecule has 0 aliphatic carbocycles. The Labute approximate surface area is 170 Å². The van der Waals surface area contributed by atoms with Gasteiger partial charge in [0, 0.05) is 31.7 Å². The first kappa shape index (κ1) is 20.0. The van der Waals surface area contributed by atoms with Gasteiger partial charge in [0.1, 0.15) is 0 Å². The number of thiazole rings is 1. The normalized spacial score (nSPS) is 12.9. The number of hydrogen-bond donors (Lipinski definition) is 0. The fraction of sp³-hybridized carbons (Fsp3) is 0.176. The zero-order valence-electron chi connectivity index (χ0n) is 14.6. The summed E-state index contributed by atoms with van der Waals surface area (Å²) in [6.07, 6.45) is 0. The third-order valence-electron chi connectivity index (χ3n) is 3.89. The van der Waals surface area contributed by atoms with Crippen LogP contribution in [-0.4, -0.2) is 37.3 Å². The van der Waals surface area contributed by atoms with E-state index in [1.807, 2.05) is 0 Å². The molecule has 142 valence electrons. The monoisotopic (exact) mass is 443 g/mol. The smallest absolute Gasteiger partial charge is 0.279 e. The van der Waals surface area contributed by atoms with E-state index in [0.29, 0.717) is 14.8 Å². The first-order valence-corrected chi connectivity index (χ1v) is 10.7. The van der Waals surface area contributed by atoms with Crippen LogP contribution in [0.15, 0.2) is 46.3 Å². The van der Waals surface area contributed by atoms with Gasteiger partial charge in [-0.15, -0.1) is 0 Å². The van der Waals surface area contributed by atoms with Gasteiger partial charge in [-0.3, -0.25) is 4.79 Å². The molecule has 27 heavy (non-hydrogen) atoms. The number of aryl methyl sites for hydroxylation is 1. The number of carbonyl (C=O) groups excluding carboxylic acids is 1. The van der Waals surface area contributed by atoms with Gasteiger partial charge in [-0.1, -0.05) is 34.5 Å². The number of sulfonamides is 1. The highest BCUT2D eigenvalue weighted by molar-refractivity contribution is 7.89. The summed E-state index contributed by atoms with van der Waals surface area (Å²) in [6.45, 7) is 0. The molecule has 0 saturated heterocycles. The van der Waals surface area contributed by atoms with Crippen molar-refractivity contribution in [2.24, 2.45) is 12.0 Å². The summed E-state index contributed by atoms with van der Waals surface area (Å²) in [5, 5.41) is 0.980. The Morgan fingerprint density at radius 3 is 2.37 bits per heavy atom. The van der Waals surface area contributed by atoms with Crippen LogP contribution in [0.2, 0.25) is 10.0 Å². The fourth-order valence-electron chi connectivity index (χ4n) is 2.44. The predicted octanol–water partition coefficient (Wildman–Crippen LogP) is 3.54. The number of nitrogens with zero attached hydrogens (tertiary/aromatic N) is 3. The molecule has 3 rings (SSSR count). The minimum absolute atomic E-state index is 0.109. The summed E-state index contributed by atoms with van der Waals surface area (Å²) >= 11 is 13.5. The van der Waals surface area contributed by atoms with E-state index >= 15 is 0 Å². The summed E-state index contributed by atoms with van der Waals surface area (Å²) in [7, 11) is 1.11. The lowest BCUT2D eigenvalue weighted by Crippen LogP contribution is -2.22. The number of fused-ring (bicyclic) bond motifs is 1. The van der Waals surface area contributed by atoms with E-state index in [0.717, 1.165) is 14.5 Å². The van der Waals surface area contributed by atoms with E-state index in [4.69, 9.17) is 23.2 Å². The van der Waals surface area contributed by atoms with Gasteiger partial charge in [-0.25, -0.2) is 12.7 Å². The number of amides is 1. The molecule has 1 heterocycles. The van der Waals surface area contributed by atoms with E-state index in [1.165, 1.54) is 49.7 Å². The topological polar surface area (TPSA) is 71.7 Å². The minimum Gasteiger partial charge on any atom is -0.318 e. The summed E-state index contributed by atoms with van der Waals surface area (Å²) in [6, 6.07) is 9.06. The second-order valence-electron chi connectivity index (χ2n) is 5.91. The second kappa shape index (κ2) is 7.37. The summed E-state index contributed by atoms with van der Waals surface area (Å²) < 4.78 is 27.8. The third-order valence-corrected chi connectivity index (χ3v) is 7.31. The largest absolute Gasteiger partial charge is 0.318 e. The average molecular weight is 444 g/mol. The second-order valence-corrected chi connectivity index (χ2v) is 9.91. The Kier molecular flexibility index (Phi) is 5.47. The van der Waals surface area contributed by atoms with E-state index < -0.39 is 15.9 Å². The van der Waals surface area contributed by atoms with Gasteiger partial charge in [0.05, 0.1) is 20.1 Å². The lowest BCUT2D eigenvalue weighted by molar-refractivity contribution is 0.0998. The predicted molar refractivity (Wildman–Crippen MR) is 108 cm³/mol. The number of hydrogen-bond acceptors (Lipinski definition) is 4. The van der Waals surface area contributed by atoms with E-state index in [2.05, 4.69) is 4.99 Å². The Morgan fingerprint density at radius 1 is 1.15 bits per heavy atom. The van der Waals surface area contributed by atoms with Gasteiger partial charge in [0.2, 0.25) is 10.0 Å². The Bertz CT molecular complexity index is 1210. The van der Waals surface area contributed by atoms with E-state index in [9.17, 15) is 13.2 Å². The van der Waals surface area contributed by atoms with E-state index in [1.54, 1.807) is 23.7 Å². The molecule has 1 amide bonds. The van der Waals surface area contributed by atoms with Gasteiger partial charge < -0.3 is 4.57 Å². The fourth-order valence-corrected chi connectivity index (χ4v) is 5.16. The lowest BCUT2D eigenvalue weighted by atomic mass is 10.2. The number of benzene rings is 2. The van der Waals surface area contributed by atoms with Gasteiger partial charge in [0.15, 0.2) is 4.80 Å². The van der Waals surface area contributed by atoms with Crippen LogP contribution in [-0.2, 0) is 17.1 Å². The number of rotatable bonds is 3. The molecule has 0 bridgehead atoms. The molecule has 0 saturated carbocycles. The molecular formula is C17H15Cl2N3O3S2. The van der Waals surface area contributed by atoms with Crippen molar-refractivity contribution in [2.45, 2.75) is 4.90 Å².